The van der Waals surface area contributed by atoms with Gasteiger partial charge in [-0.3, -0.25) is 10.1 Å². The van der Waals surface area contributed by atoms with Gasteiger partial charge in [0.25, 0.3) is 0 Å². The van der Waals surface area contributed by atoms with Crippen molar-refractivity contribution in [2.75, 3.05) is 5.32 Å². The van der Waals surface area contributed by atoms with Crippen LogP contribution in [0.4, 0.5) is 11.5 Å². The van der Waals surface area contributed by atoms with Crippen LogP contribution in [-0.2, 0) is 0 Å². The fraction of sp³-hybridized carbons (Fsp3) is 0.556. The molecule has 1 aromatic rings. The number of rotatable bonds is 3. The van der Waals surface area contributed by atoms with Crippen LogP contribution < -0.4 is 5.32 Å². The first-order chi connectivity index (χ1) is 7.41. The second-order valence-corrected chi connectivity index (χ2v) is 4.56. The Bertz CT molecular complexity index is 459. The highest BCUT2D eigenvalue weighted by atomic mass is 35.5. The summed E-state index contributed by atoms with van der Waals surface area (Å²) in [6, 6.07) is 0. The van der Waals surface area contributed by atoms with Gasteiger partial charge in [-0.15, -0.1) is 0 Å². The van der Waals surface area contributed by atoms with Crippen LogP contribution in [0.1, 0.15) is 25.5 Å². The van der Waals surface area contributed by atoms with Gasteiger partial charge in [-0.25, -0.2) is 4.98 Å². The van der Waals surface area contributed by atoms with Crippen LogP contribution in [0.3, 0.4) is 0 Å². The van der Waals surface area contributed by atoms with E-state index in [1.807, 2.05) is 6.92 Å². The lowest BCUT2D eigenvalue weighted by atomic mass is 10.3. The molecule has 0 amide bonds. The zero-order valence-corrected chi connectivity index (χ0v) is 9.71. The molecule has 1 aliphatic carbocycles. The van der Waals surface area contributed by atoms with E-state index in [9.17, 15) is 10.1 Å². The third-order valence-electron chi connectivity index (χ3n) is 2.63. The average Bonchev–Trinajstić information content (AvgIpc) is 2.80. The van der Waals surface area contributed by atoms with Crippen LogP contribution in [0.2, 0.25) is 5.28 Å². The second-order valence-electron chi connectivity index (χ2n) is 4.22. The molecule has 16 heavy (non-hydrogen) atoms. The highest BCUT2D eigenvalue weighted by molar-refractivity contribution is 6.28. The van der Waals surface area contributed by atoms with Gasteiger partial charge < -0.3 is 5.32 Å². The summed E-state index contributed by atoms with van der Waals surface area (Å²) in [5, 5.41) is 14.0. The lowest BCUT2D eigenvalue weighted by Gasteiger charge is -2.12. The zero-order valence-electron chi connectivity index (χ0n) is 8.95. The molecule has 0 aromatic carbocycles. The first-order valence-corrected chi connectivity index (χ1v) is 5.26. The Morgan fingerprint density at radius 3 is 2.62 bits per heavy atom. The number of nitrogens with one attached hydrogen (secondary N) is 1. The standard InChI is InChI=1S/C9H11ClN4O2/c1-5-6(14(15)16)7(12-8(10)11-5)13-9(2)3-4-9/h3-4H2,1-2H3,(H,11,12,13). The summed E-state index contributed by atoms with van der Waals surface area (Å²) in [4.78, 5) is 18.1. The van der Waals surface area contributed by atoms with Crippen molar-refractivity contribution >= 4 is 23.1 Å². The maximum Gasteiger partial charge on any atom is 0.332 e. The molecule has 0 unspecified atom stereocenters. The van der Waals surface area contributed by atoms with E-state index in [1.165, 1.54) is 0 Å². The maximum atomic E-state index is 10.9. The lowest BCUT2D eigenvalue weighted by Crippen LogP contribution is -2.19. The molecule has 0 bridgehead atoms. The van der Waals surface area contributed by atoms with Gasteiger partial charge in [0, 0.05) is 5.54 Å². The van der Waals surface area contributed by atoms with E-state index < -0.39 is 4.92 Å². The minimum absolute atomic E-state index is 0.0230. The molecule has 1 saturated carbocycles. The van der Waals surface area contributed by atoms with E-state index in [0.717, 1.165) is 12.8 Å². The minimum Gasteiger partial charge on any atom is -0.359 e. The number of nitro groups is 1. The van der Waals surface area contributed by atoms with Gasteiger partial charge in [0.05, 0.1) is 4.92 Å². The molecule has 0 spiro atoms. The summed E-state index contributed by atoms with van der Waals surface area (Å²) in [5.74, 6) is 0.211. The molecule has 0 radical (unpaired) electrons. The van der Waals surface area contributed by atoms with Crippen LogP contribution in [0.15, 0.2) is 0 Å². The summed E-state index contributed by atoms with van der Waals surface area (Å²) in [7, 11) is 0. The quantitative estimate of drug-likeness (QED) is 0.500. The molecule has 0 atom stereocenters. The summed E-state index contributed by atoms with van der Waals surface area (Å²) in [5.41, 5.74) is 0.0868. The molecule has 0 aliphatic heterocycles. The third kappa shape index (κ3) is 2.06. The zero-order chi connectivity index (χ0) is 11.9. The summed E-state index contributed by atoms with van der Waals surface area (Å²) in [6.07, 6.45) is 1.95. The van der Waals surface area contributed by atoms with E-state index >= 15 is 0 Å². The maximum absolute atomic E-state index is 10.9. The van der Waals surface area contributed by atoms with Crippen molar-refractivity contribution in [1.82, 2.24) is 9.97 Å². The molecule has 1 fully saturated rings. The van der Waals surface area contributed by atoms with E-state index in [1.54, 1.807) is 6.92 Å². The second kappa shape index (κ2) is 3.55. The van der Waals surface area contributed by atoms with Crippen molar-refractivity contribution in [3.8, 4) is 0 Å². The minimum atomic E-state index is -0.486. The van der Waals surface area contributed by atoms with Crippen molar-refractivity contribution in [1.29, 1.82) is 0 Å². The van der Waals surface area contributed by atoms with Crippen LogP contribution in [0, 0.1) is 17.0 Å². The van der Waals surface area contributed by atoms with Crippen molar-refractivity contribution in [3.05, 3.63) is 21.1 Å². The van der Waals surface area contributed by atoms with Crippen molar-refractivity contribution in [2.45, 2.75) is 32.2 Å². The molecule has 7 heteroatoms. The van der Waals surface area contributed by atoms with Gasteiger partial charge in [-0.2, -0.15) is 4.98 Å². The Morgan fingerprint density at radius 2 is 2.12 bits per heavy atom. The Hall–Kier alpha value is -1.43. The Labute approximate surface area is 97.2 Å². The molecule has 1 aromatic heterocycles. The van der Waals surface area contributed by atoms with Crippen molar-refractivity contribution < 1.29 is 4.92 Å². The normalized spacial score (nSPS) is 16.9. The number of hydrogen-bond acceptors (Lipinski definition) is 5. The largest absolute Gasteiger partial charge is 0.359 e. The fourth-order valence-corrected chi connectivity index (χ4v) is 1.65. The molecule has 6 nitrogen and oxygen atoms in total. The van der Waals surface area contributed by atoms with Gasteiger partial charge in [0.2, 0.25) is 11.1 Å². The number of halogens is 1. The van der Waals surface area contributed by atoms with Crippen LogP contribution in [0.25, 0.3) is 0 Å². The van der Waals surface area contributed by atoms with Gasteiger partial charge >= 0.3 is 5.69 Å². The van der Waals surface area contributed by atoms with Gasteiger partial charge in [0.15, 0.2) is 0 Å². The first kappa shape index (κ1) is 11.1. The van der Waals surface area contributed by atoms with E-state index in [2.05, 4.69) is 15.3 Å². The summed E-state index contributed by atoms with van der Waals surface area (Å²) < 4.78 is 0. The lowest BCUT2D eigenvalue weighted by molar-refractivity contribution is -0.385. The molecule has 0 saturated heterocycles. The molecule has 1 aliphatic rings. The average molecular weight is 243 g/mol. The predicted molar refractivity (Wildman–Crippen MR) is 59.7 cm³/mol. The first-order valence-electron chi connectivity index (χ1n) is 4.88. The van der Waals surface area contributed by atoms with Crippen LogP contribution >= 0.6 is 11.6 Å². The molecular weight excluding hydrogens is 232 g/mol. The van der Waals surface area contributed by atoms with Crippen LogP contribution in [0.5, 0.6) is 0 Å². The Morgan fingerprint density at radius 1 is 1.50 bits per heavy atom. The highest BCUT2D eigenvalue weighted by Crippen LogP contribution is 2.40. The van der Waals surface area contributed by atoms with Gasteiger partial charge in [0.1, 0.15) is 5.69 Å². The number of anilines is 1. The highest BCUT2D eigenvalue weighted by Gasteiger charge is 2.39. The Balaban J connectivity index is 2.44. The number of hydrogen-bond donors (Lipinski definition) is 1. The predicted octanol–water partition coefficient (Wildman–Crippen LogP) is 2.31. The third-order valence-corrected chi connectivity index (χ3v) is 2.80. The number of nitrogens with zero attached hydrogens (tertiary/aromatic N) is 3. The fourth-order valence-electron chi connectivity index (χ4n) is 1.44. The van der Waals surface area contributed by atoms with Crippen molar-refractivity contribution in [3.63, 3.8) is 0 Å². The molecular formula is C9H11ClN4O2. The Kier molecular flexibility index (Phi) is 2.46. The molecule has 1 N–H and O–H groups in total. The van der Waals surface area contributed by atoms with Gasteiger partial charge in [-0.1, -0.05) is 0 Å². The molecule has 86 valence electrons. The summed E-state index contributed by atoms with van der Waals surface area (Å²) in [6.45, 7) is 3.54. The van der Waals surface area contributed by atoms with E-state index in [0.29, 0.717) is 0 Å². The monoisotopic (exact) mass is 242 g/mol. The number of aryl methyl sites for hydroxylation is 1. The van der Waals surface area contributed by atoms with E-state index in [-0.39, 0.29) is 28.0 Å². The SMILES string of the molecule is Cc1nc(Cl)nc(NC2(C)CC2)c1[N+](=O)[O-]. The van der Waals surface area contributed by atoms with Crippen molar-refractivity contribution in [2.24, 2.45) is 0 Å². The van der Waals surface area contributed by atoms with Gasteiger partial charge in [-0.05, 0) is 38.3 Å². The number of aromatic nitrogens is 2. The molecule has 2 rings (SSSR count). The topological polar surface area (TPSA) is 81.0 Å². The smallest absolute Gasteiger partial charge is 0.332 e. The molecule has 1 heterocycles. The summed E-state index contributed by atoms with van der Waals surface area (Å²) >= 11 is 5.69. The van der Waals surface area contributed by atoms with Crippen LogP contribution in [-0.4, -0.2) is 20.4 Å². The van der Waals surface area contributed by atoms with E-state index in [4.69, 9.17) is 11.6 Å².